The molecule has 0 spiro atoms. The van der Waals surface area contributed by atoms with E-state index in [2.05, 4.69) is 23.2 Å². The summed E-state index contributed by atoms with van der Waals surface area (Å²) < 4.78 is 5.31. The van der Waals surface area contributed by atoms with E-state index in [0.29, 0.717) is 6.54 Å². The number of hydrogen-bond acceptors (Lipinski definition) is 3. The SMILES string of the molecule is Cc1cc(C)c(C(=O)NCCN2CCOCC2)cc1C. The molecule has 4 nitrogen and oxygen atoms in total. The van der Waals surface area contributed by atoms with Gasteiger partial charge >= 0.3 is 0 Å². The number of nitrogens with one attached hydrogen (secondary N) is 1. The van der Waals surface area contributed by atoms with Crippen LogP contribution in [0.25, 0.3) is 0 Å². The Bertz CT molecular complexity index is 480. The van der Waals surface area contributed by atoms with Gasteiger partial charge < -0.3 is 10.1 Å². The minimum atomic E-state index is 0.0267. The van der Waals surface area contributed by atoms with E-state index in [1.165, 1.54) is 5.56 Å². The summed E-state index contributed by atoms with van der Waals surface area (Å²) in [5, 5.41) is 3.01. The fourth-order valence-electron chi connectivity index (χ4n) is 2.45. The Morgan fingerprint density at radius 2 is 1.80 bits per heavy atom. The second kappa shape index (κ2) is 6.86. The molecule has 1 heterocycles. The molecule has 1 saturated heterocycles. The minimum absolute atomic E-state index is 0.0267. The molecule has 110 valence electrons. The predicted molar refractivity (Wildman–Crippen MR) is 80.2 cm³/mol. The van der Waals surface area contributed by atoms with Crippen LogP contribution in [-0.2, 0) is 4.74 Å². The van der Waals surface area contributed by atoms with Gasteiger partial charge in [0.25, 0.3) is 5.91 Å². The summed E-state index contributed by atoms with van der Waals surface area (Å²) in [5.41, 5.74) is 4.22. The maximum atomic E-state index is 12.2. The van der Waals surface area contributed by atoms with Crippen molar-refractivity contribution in [3.63, 3.8) is 0 Å². The number of rotatable bonds is 4. The van der Waals surface area contributed by atoms with Gasteiger partial charge in [0, 0.05) is 31.7 Å². The lowest BCUT2D eigenvalue weighted by atomic mass is 10.0. The van der Waals surface area contributed by atoms with Crippen LogP contribution < -0.4 is 5.32 Å². The average molecular weight is 276 g/mol. The Labute approximate surface area is 121 Å². The summed E-state index contributed by atoms with van der Waals surface area (Å²) in [6.45, 7) is 11.2. The number of morpholine rings is 1. The van der Waals surface area contributed by atoms with Crippen LogP contribution in [0, 0.1) is 20.8 Å². The van der Waals surface area contributed by atoms with Gasteiger partial charge in [-0.1, -0.05) is 6.07 Å². The lowest BCUT2D eigenvalue weighted by molar-refractivity contribution is 0.0383. The lowest BCUT2D eigenvalue weighted by Gasteiger charge is -2.26. The van der Waals surface area contributed by atoms with Gasteiger partial charge in [-0.25, -0.2) is 0 Å². The molecule has 20 heavy (non-hydrogen) atoms. The molecule has 0 unspecified atom stereocenters. The van der Waals surface area contributed by atoms with E-state index in [1.807, 2.05) is 19.9 Å². The third-order valence-corrected chi connectivity index (χ3v) is 3.90. The van der Waals surface area contributed by atoms with Crippen LogP contribution in [0.15, 0.2) is 12.1 Å². The van der Waals surface area contributed by atoms with Crippen molar-refractivity contribution in [2.75, 3.05) is 39.4 Å². The summed E-state index contributed by atoms with van der Waals surface area (Å²) >= 11 is 0. The fourth-order valence-corrected chi connectivity index (χ4v) is 2.45. The molecular weight excluding hydrogens is 252 g/mol. The number of ether oxygens (including phenoxy) is 1. The van der Waals surface area contributed by atoms with Crippen molar-refractivity contribution in [1.29, 1.82) is 0 Å². The predicted octanol–water partition coefficient (Wildman–Crippen LogP) is 1.67. The number of amides is 1. The first-order valence-electron chi connectivity index (χ1n) is 7.24. The zero-order chi connectivity index (χ0) is 14.5. The second-order valence-corrected chi connectivity index (χ2v) is 5.46. The number of carbonyl (C=O) groups excluding carboxylic acids is 1. The largest absolute Gasteiger partial charge is 0.379 e. The van der Waals surface area contributed by atoms with Crippen molar-refractivity contribution >= 4 is 5.91 Å². The Hall–Kier alpha value is -1.39. The fraction of sp³-hybridized carbons (Fsp3) is 0.562. The van der Waals surface area contributed by atoms with Gasteiger partial charge in [-0.2, -0.15) is 0 Å². The van der Waals surface area contributed by atoms with Crippen LogP contribution in [-0.4, -0.2) is 50.2 Å². The summed E-state index contributed by atoms with van der Waals surface area (Å²) in [6, 6.07) is 4.06. The standard InChI is InChI=1S/C16H24N2O2/c1-12-10-14(3)15(11-13(12)2)16(19)17-4-5-18-6-8-20-9-7-18/h10-11H,4-9H2,1-3H3,(H,17,19). The van der Waals surface area contributed by atoms with Gasteiger partial charge in [-0.05, 0) is 43.5 Å². The molecule has 1 amide bonds. The molecule has 0 aromatic heterocycles. The van der Waals surface area contributed by atoms with Gasteiger partial charge in [-0.15, -0.1) is 0 Å². The van der Waals surface area contributed by atoms with E-state index in [4.69, 9.17) is 4.74 Å². The molecule has 4 heteroatoms. The summed E-state index contributed by atoms with van der Waals surface area (Å²) in [5.74, 6) is 0.0267. The maximum Gasteiger partial charge on any atom is 0.251 e. The third-order valence-electron chi connectivity index (χ3n) is 3.90. The number of benzene rings is 1. The van der Waals surface area contributed by atoms with Crippen molar-refractivity contribution < 1.29 is 9.53 Å². The van der Waals surface area contributed by atoms with Gasteiger partial charge in [0.2, 0.25) is 0 Å². The van der Waals surface area contributed by atoms with Crippen molar-refractivity contribution in [2.24, 2.45) is 0 Å². The lowest BCUT2D eigenvalue weighted by Crippen LogP contribution is -2.41. The van der Waals surface area contributed by atoms with Crippen LogP contribution in [0.5, 0.6) is 0 Å². The molecule has 0 atom stereocenters. The topological polar surface area (TPSA) is 41.6 Å². The summed E-state index contributed by atoms with van der Waals surface area (Å²) in [7, 11) is 0. The van der Waals surface area contributed by atoms with E-state index < -0.39 is 0 Å². The Morgan fingerprint density at radius 1 is 1.15 bits per heavy atom. The van der Waals surface area contributed by atoms with Crippen LogP contribution in [0.1, 0.15) is 27.0 Å². The number of carbonyl (C=O) groups is 1. The highest BCUT2D eigenvalue weighted by Crippen LogP contribution is 2.15. The first-order chi connectivity index (χ1) is 9.58. The van der Waals surface area contributed by atoms with Gasteiger partial charge in [0.15, 0.2) is 0 Å². The van der Waals surface area contributed by atoms with E-state index in [1.54, 1.807) is 0 Å². The molecule has 1 fully saturated rings. The minimum Gasteiger partial charge on any atom is -0.379 e. The van der Waals surface area contributed by atoms with E-state index >= 15 is 0 Å². The summed E-state index contributed by atoms with van der Waals surface area (Å²) in [4.78, 5) is 14.5. The summed E-state index contributed by atoms with van der Waals surface area (Å²) in [6.07, 6.45) is 0. The highest BCUT2D eigenvalue weighted by Gasteiger charge is 2.12. The molecule has 0 bridgehead atoms. The third kappa shape index (κ3) is 3.81. The van der Waals surface area contributed by atoms with Crippen molar-refractivity contribution in [3.05, 3.63) is 34.4 Å². The van der Waals surface area contributed by atoms with E-state index in [9.17, 15) is 4.79 Å². The highest BCUT2D eigenvalue weighted by atomic mass is 16.5. The number of aryl methyl sites for hydroxylation is 3. The molecule has 0 aliphatic carbocycles. The van der Waals surface area contributed by atoms with Gasteiger partial charge in [0.1, 0.15) is 0 Å². The molecule has 1 N–H and O–H groups in total. The van der Waals surface area contributed by atoms with Crippen LogP contribution >= 0.6 is 0 Å². The van der Waals surface area contributed by atoms with Gasteiger partial charge in [-0.3, -0.25) is 9.69 Å². The average Bonchev–Trinajstić information content (AvgIpc) is 2.44. The molecule has 1 aliphatic rings. The molecule has 0 saturated carbocycles. The maximum absolute atomic E-state index is 12.2. The Kier molecular flexibility index (Phi) is 5.15. The van der Waals surface area contributed by atoms with Gasteiger partial charge in [0.05, 0.1) is 13.2 Å². The zero-order valence-electron chi connectivity index (χ0n) is 12.7. The molecule has 0 radical (unpaired) electrons. The van der Waals surface area contributed by atoms with Crippen molar-refractivity contribution in [2.45, 2.75) is 20.8 Å². The van der Waals surface area contributed by atoms with E-state index in [-0.39, 0.29) is 5.91 Å². The van der Waals surface area contributed by atoms with Crippen LogP contribution in [0.2, 0.25) is 0 Å². The highest BCUT2D eigenvalue weighted by molar-refractivity contribution is 5.95. The first-order valence-corrected chi connectivity index (χ1v) is 7.24. The van der Waals surface area contributed by atoms with Crippen molar-refractivity contribution in [1.82, 2.24) is 10.2 Å². The monoisotopic (exact) mass is 276 g/mol. The van der Waals surface area contributed by atoms with E-state index in [0.717, 1.165) is 49.5 Å². The smallest absolute Gasteiger partial charge is 0.251 e. The normalized spacial score (nSPS) is 16.1. The molecule has 1 aromatic rings. The quantitative estimate of drug-likeness (QED) is 0.909. The molecule has 1 aromatic carbocycles. The van der Waals surface area contributed by atoms with Crippen LogP contribution in [0.3, 0.4) is 0 Å². The van der Waals surface area contributed by atoms with Crippen molar-refractivity contribution in [3.8, 4) is 0 Å². The molecular formula is C16H24N2O2. The Morgan fingerprint density at radius 3 is 2.50 bits per heavy atom. The zero-order valence-corrected chi connectivity index (χ0v) is 12.7. The second-order valence-electron chi connectivity index (χ2n) is 5.46. The number of nitrogens with zero attached hydrogens (tertiary/aromatic N) is 1. The molecule has 1 aliphatic heterocycles. The Balaban J connectivity index is 1.87. The van der Waals surface area contributed by atoms with Crippen LogP contribution in [0.4, 0.5) is 0 Å². The first kappa shape index (κ1) is 15.0. The molecule has 2 rings (SSSR count). The number of hydrogen-bond donors (Lipinski definition) is 1.